The van der Waals surface area contributed by atoms with Gasteiger partial charge in [0.2, 0.25) is 0 Å². The molecule has 156 valence electrons. The number of likely N-dealkylation sites (tertiary alicyclic amines) is 1. The van der Waals surface area contributed by atoms with E-state index < -0.39 is 0 Å². The molecule has 0 aliphatic carbocycles. The summed E-state index contributed by atoms with van der Waals surface area (Å²) in [6.45, 7) is 13.6. The van der Waals surface area contributed by atoms with Crippen LogP contribution in [0.3, 0.4) is 0 Å². The predicted octanol–water partition coefficient (Wildman–Crippen LogP) is 3.34. The number of nitrogens with one attached hydrogen (secondary N) is 2. The summed E-state index contributed by atoms with van der Waals surface area (Å²) >= 11 is 5.27. The van der Waals surface area contributed by atoms with Gasteiger partial charge in [-0.2, -0.15) is 0 Å². The molecule has 1 aromatic carbocycles. The average molecular weight is 415 g/mol. The molecule has 2 N–H and O–H groups in total. The lowest BCUT2D eigenvalue weighted by atomic mass is 9.92. The second-order valence-electron chi connectivity index (χ2n) is 8.43. The first-order valence-corrected chi connectivity index (χ1v) is 10.6. The second-order valence-corrected chi connectivity index (χ2v) is 8.82. The van der Waals surface area contributed by atoms with Gasteiger partial charge in [-0.15, -0.1) is 6.58 Å². The van der Waals surface area contributed by atoms with E-state index in [-0.39, 0.29) is 17.5 Å². The number of aromatic nitrogens is 2. The highest BCUT2D eigenvalue weighted by Crippen LogP contribution is 2.21. The molecular formula is C22H30N4O2S. The standard InChI is InChI=1S/C22H30N4O2S/c1-5-8-26-21(28)18-7-6-17(10-19(18)24-22(26)29)20(27)23-16(4)13-25-11-14(2)9-15(3)12-25/h5-7,10,14-16H,1,8-9,11-13H2,2-4H3,(H,23,27)(H,24,29). The van der Waals surface area contributed by atoms with Gasteiger partial charge in [0, 0.05) is 37.8 Å². The van der Waals surface area contributed by atoms with Crippen molar-refractivity contribution >= 4 is 29.0 Å². The number of carbonyl (C=O) groups is 1. The third kappa shape index (κ3) is 5.03. The molecular weight excluding hydrogens is 384 g/mol. The van der Waals surface area contributed by atoms with E-state index in [4.69, 9.17) is 12.2 Å². The molecule has 0 spiro atoms. The summed E-state index contributed by atoms with van der Waals surface area (Å²) in [5, 5.41) is 3.58. The topological polar surface area (TPSA) is 70.1 Å². The number of nitrogens with zero attached hydrogens (tertiary/aromatic N) is 2. The molecule has 1 aliphatic rings. The summed E-state index contributed by atoms with van der Waals surface area (Å²) in [5.74, 6) is 1.23. The third-order valence-electron chi connectivity index (χ3n) is 5.41. The van der Waals surface area contributed by atoms with E-state index in [1.807, 2.05) is 6.92 Å². The lowest BCUT2D eigenvalue weighted by Crippen LogP contribution is -2.47. The van der Waals surface area contributed by atoms with Gasteiger partial charge in [-0.05, 0) is 55.6 Å². The fraction of sp³-hybridized carbons (Fsp3) is 0.500. The SMILES string of the molecule is C=CCn1c(=S)[nH]c2cc(C(=O)NC(C)CN3CC(C)CC(C)C3)ccc2c1=O. The van der Waals surface area contributed by atoms with Crippen LogP contribution in [0.4, 0.5) is 0 Å². The average Bonchev–Trinajstić information content (AvgIpc) is 2.63. The molecule has 1 fully saturated rings. The van der Waals surface area contributed by atoms with Gasteiger partial charge in [0.1, 0.15) is 0 Å². The highest BCUT2D eigenvalue weighted by molar-refractivity contribution is 7.71. The molecule has 1 amide bonds. The van der Waals surface area contributed by atoms with Gasteiger partial charge in [-0.3, -0.25) is 14.2 Å². The Labute approximate surface area is 176 Å². The van der Waals surface area contributed by atoms with E-state index in [2.05, 4.69) is 35.6 Å². The van der Waals surface area contributed by atoms with Gasteiger partial charge in [-0.25, -0.2) is 0 Å². The number of hydrogen-bond acceptors (Lipinski definition) is 4. The largest absolute Gasteiger partial charge is 0.348 e. The van der Waals surface area contributed by atoms with Crippen LogP contribution in [0, 0.1) is 16.6 Å². The maximum Gasteiger partial charge on any atom is 0.262 e. The van der Waals surface area contributed by atoms with Crippen molar-refractivity contribution in [3.63, 3.8) is 0 Å². The van der Waals surface area contributed by atoms with Gasteiger partial charge >= 0.3 is 0 Å². The number of carbonyl (C=O) groups excluding carboxylic acids is 1. The van der Waals surface area contributed by atoms with Crippen molar-refractivity contribution < 1.29 is 4.79 Å². The van der Waals surface area contributed by atoms with E-state index in [0.29, 0.717) is 39.6 Å². The number of benzene rings is 1. The van der Waals surface area contributed by atoms with Crippen molar-refractivity contribution in [1.29, 1.82) is 0 Å². The van der Waals surface area contributed by atoms with Gasteiger partial charge in [0.25, 0.3) is 11.5 Å². The highest BCUT2D eigenvalue weighted by Gasteiger charge is 2.23. The monoisotopic (exact) mass is 414 g/mol. The Morgan fingerprint density at radius 3 is 2.72 bits per heavy atom. The minimum Gasteiger partial charge on any atom is -0.348 e. The normalized spacial score (nSPS) is 21.1. The van der Waals surface area contributed by atoms with E-state index in [1.54, 1.807) is 24.3 Å². The number of amides is 1. The Balaban J connectivity index is 1.73. The van der Waals surface area contributed by atoms with Crippen molar-refractivity contribution in [2.45, 2.75) is 39.8 Å². The fourth-order valence-electron chi connectivity index (χ4n) is 4.37. The van der Waals surface area contributed by atoms with E-state index in [1.165, 1.54) is 11.0 Å². The first kappa shape index (κ1) is 21.5. The van der Waals surface area contributed by atoms with E-state index in [0.717, 1.165) is 19.6 Å². The quantitative estimate of drug-likeness (QED) is 0.562. The summed E-state index contributed by atoms with van der Waals surface area (Å²) in [6, 6.07) is 5.09. The van der Waals surface area contributed by atoms with Crippen LogP contribution >= 0.6 is 12.2 Å². The van der Waals surface area contributed by atoms with E-state index >= 15 is 0 Å². The Hall–Kier alpha value is -2.25. The van der Waals surface area contributed by atoms with Crippen LogP contribution in [-0.4, -0.2) is 46.0 Å². The highest BCUT2D eigenvalue weighted by atomic mass is 32.1. The third-order valence-corrected chi connectivity index (χ3v) is 5.73. The molecule has 1 saturated heterocycles. The van der Waals surface area contributed by atoms with E-state index in [9.17, 15) is 9.59 Å². The van der Waals surface area contributed by atoms with Crippen LogP contribution in [0.1, 0.15) is 37.6 Å². The number of fused-ring (bicyclic) bond motifs is 1. The smallest absolute Gasteiger partial charge is 0.262 e. The predicted molar refractivity (Wildman–Crippen MR) is 120 cm³/mol. The van der Waals surface area contributed by atoms with Crippen LogP contribution in [-0.2, 0) is 6.54 Å². The fourth-order valence-corrected chi connectivity index (χ4v) is 4.64. The van der Waals surface area contributed by atoms with Gasteiger partial charge in [0.15, 0.2) is 4.77 Å². The number of allylic oxidation sites excluding steroid dienone is 1. The Kier molecular flexibility index (Phi) is 6.70. The zero-order valence-corrected chi connectivity index (χ0v) is 18.2. The maximum atomic E-state index is 12.7. The molecule has 6 nitrogen and oxygen atoms in total. The first-order chi connectivity index (χ1) is 13.8. The molecule has 3 rings (SSSR count). The van der Waals surface area contributed by atoms with Crippen molar-refractivity contribution in [2.24, 2.45) is 11.8 Å². The number of H-pyrrole nitrogens is 1. The summed E-state index contributed by atoms with van der Waals surface area (Å²) in [4.78, 5) is 30.8. The molecule has 1 aromatic heterocycles. The lowest BCUT2D eigenvalue weighted by molar-refractivity contribution is 0.0905. The Morgan fingerprint density at radius 2 is 2.07 bits per heavy atom. The summed E-state index contributed by atoms with van der Waals surface area (Å²) in [6.07, 6.45) is 2.90. The van der Waals surface area contributed by atoms with Gasteiger partial charge in [0.05, 0.1) is 10.9 Å². The van der Waals surface area contributed by atoms with Crippen molar-refractivity contribution in [3.8, 4) is 0 Å². The Morgan fingerprint density at radius 1 is 1.38 bits per heavy atom. The lowest BCUT2D eigenvalue weighted by Gasteiger charge is -2.36. The van der Waals surface area contributed by atoms with Crippen LogP contribution in [0.2, 0.25) is 0 Å². The minimum atomic E-state index is -0.183. The molecule has 1 aliphatic heterocycles. The molecule has 0 bridgehead atoms. The van der Waals surface area contributed by atoms with Crippen LogP contribution in [0.25, 0.3) is 10.9 Å². The van der Waals surface area contributed by atoms with Crippen LogP contribution in [0.15, 0.2) is 35.6 Å². The molecule has 3 atom stereocenters. The van der Waals surface area contributed by atoms with Gasteiger partial charge in [-0.1, -0.05) is 19.9 Å². The number of aromatic amines is 1. The number of rotatable bonds is 6. The maximum absolute atomic E-state index is 12.7. The zero-order chi connectivity index (χ0) is 21.1. The molecule has 2 heterocycles. The molecule has 3 unspecified atom stereocenters. The summed E-state index contributed by atoms with van der Waals surface area (Å²) in [7, 11) is 0. The van der Waals surface area contributed by atoms with Crippen LogP contribution < -0.4 is 10.9 Å². The number of piperidine rings is 1. The molecule has 0 radical (unpaired) electrons. The summed E-state index contributed by atoms with van der Waals surface area (Å²) in [5.41, 5.74) is 0.896. The van der Waals surface area contributed by atoms with Crippen molar-refractivity contribution in [3.05, 3.63) is 51.5 Å². The molecule has 0 saturated carbocycles. The van der Waals surface area contributed by atoms with Crippen LogP contribution in [0.5, 0.6) is 0 Å². The molecule has 29 heavy (non-hydrogen) atoms. The minimum absolute atomic E-state index is 0.0368. The second kappa shape index (κ2) is 9.05. The van der Waals surface area contributed by atoms with Crippen molar-refractivity contribution in [1.82, 2.24) is 19.8 Å². The molecule has 2 aromatic rings. The molecule has 7 heteroatoms. The summed E-state index contributed by atoms with van der Waals surface area (Å²) < 4.78 is 1.77. The Bertz CT molecular complexity index is 1020. The van der Waals surface area contributed by atoms with Gasteiger partial charge < -0.3 is 15.2 Å². The first-order valence-electron chi connectivity index (χ1n) is 10.2. The number of hydrogen-bond donors (Lipinski definition) is 2. The van der Waals surface area contributed by atoms with Crippen molar-refractivity contribution in [2.75, 3.05) is 19.6 Å². The zero-order valence-electron chi connectivity index (χ0n) is 17.4.